The second-order valence-electron chi connectivity index (χ2n) is 2.14. The maximum Gasteiger partial charge on any atom is 0.348 e. The van der Waals surface area contributed by atoms with Gasteiger partial charge in [-0.25, -0.2) is 13.2 Å². The Balaban J connectivity index is 5.30. The van der Waals surface area contributed by atoms with E-state index >= 15 is 0 Å². The first-order valence-electron chi connectivity index (χ1n) is 2.64. The molecule has 0 aromatic carbocycles. The molecule has 0 aliphatic heterocycles. The van der Waals surface area contributed by atoms with E-state index in [2.05, 4.69) is 0 Å². The van der Waals surface area contributed by atoms with E-state index in [1.165, 1.54) is 0 Å². The molecule has 0 spiro atoms. The molecular weight excluding hydrogens is 592 g/mol. The van der Waals surface area contributed by atoms with Crippen molar-refractivity contribution in [3.05, 3.63) is 0 Å². The Morgan fingerprint density at radius 3 is 1.29 bits per heavy atom. The van der Waals surface area contributed by atoms with E-state index < -0.39 is 16.2 Å². The molecule has 14 heavy (non-hydrogen) atoms. The highest BCUT2D eigenvalue weighted by atomic mass is 127. The van der Waals surface area contributed by atoms with Gasteiger partial charge in [-0.15, -0.1) is 0 Å². The van der Waals surface area contributed by atoms with Gasteiger partial charge in [-0.05, 0) is 77.0 Å². The molecule has 0 saturated carbocycles. The molecule has 0 amide bonds. The van der Waals surface area contributed by atoms with Crippen LogP contribution in [0.15, 0.2) is 0 Å². The third kappa shape index (κ3) is 2.97. The third-order valence-corrected chi connectivity index (χ3v) is 7.81. The van der Waals surface area contributed by atoms with Crippen molar-refractivity contribution in [2.24, 2.45) is 0 Å². The SMILES string of the molecule is FC(F)(Br)C(F)(Br)C(F)(I)C(F)(Cl)I. The van der Waals surface area contributed by atoms with E-state index in [1.54, 1.807) is 31.9 Å². The predicted octanol–water partition coefficient (Wildman–Crippen LogP) is 5.43. The minimum absolute atomic E-state index is 0.537. The number of hydrogen-bond donors (Lipinski definition) is 0. The summed E-state index contributed by atoms with van der Waals surface area (Å²) < 4.78 is 53.7. The Kier molecular flexibility index (Phi) is 5.33. The van der Waals surface area contributed by atoms with Crippen LogP contribution in [0.25, 0.3) is 0 Å². The van der Waals surface area contributed by atoms with Crippen molar-refractivity contribution < 1.29 is 22.0 Å². The van der Waals surface area contributed by atoms with Crippen LogP contribution >= 0.6 is 88.6 Å². The molecule has 0 aliphatic rings. The minimum atomic E-state index is -4.31. The second-order valence-corrected chi connectivity index (χ2v) is 8.36. The fourth-order valence-corrected chi connectivity index (χ4v) is 2.60. The number of hydrogen-bond acceptors (Lipinski definition) is 0. The van der Waals surface area contributed by atoms with Crippen molar-refractivity contribution in [2.45, 2.75) is 16.2 Å². The molecule has 0 heterocycles. The summed E-state index contributed by atoms with van der Waals surface area (Å²) in [4.78, 5) is -4.31. The molecule has 10 heteroatoms. The summed E-state index contributed by atoms with van der Waals surface area (Å²) in [5.74, 6) is 0. The van der Waals surface area contributed by atoms with Crippen molar-refractivity contribution in [1.82, 2.24) is 0 Å². The van der Waals surface area contributed by atoms with Crippen LogP contribution in [0, 0.1) is 0 Å². The first-order chi connectivity index (χ1) is 5.75. The summed E-state index contributed by atoms with van der Waals surface area (Å²) in [6.07, 6.45) is 0. The summed E-state index contributed by atoms with van der Waals surface area (Å²) in [5.41, 5.74) is 0. The summed E-state index contributed by atoms with van der Waals surface area (Å²) in [7, 11) is 0. The quantitative estimate of drug-likeness (QED) is 0.233. The van der Waals surface area contributed by atoms with E-state index in [-0.39, 0.29) is 0 Å². The molecule has 0 N–H and O–H groups in total. The Labute approximate surface area is 125 Å². The second kappa shape index (κ2) is 4.56. The molecule has 0 aromatic rings. The van der Waals surface area contributed by atoms with Gasteiger partial charge >= 0.3 is 4.83 Å². The van der Waals surface area contributed by atoms with Gasteiger partial charge in [0.1, 0.15) is 0 Å². The van der Waals surface area contributed by atoms with Crippen LogP contribution in [0.5, 0.6) is 0 Å². The zero-order valence-electron chi connectivity index (χ0n) is 5.78. The molecule has 3 atom stereocenters. The van der Waals surface area contributed by atoms with E-state index in [4.69, 9.17) is 11.6 Å². The van der Waals surface area contributed by atoms with Crippen molar-refractivity contribution in [2.75, 3.05) is 0 Å². The first-order valence-corrected chi connectivity index (χ1v) is 6.76. The van der Waals surface area contributed by atoms with Crippen molar-refractivity contribution in [3.63, 3.8) is 0 Å². The fourth-order valence-electron chi connectivity index (χ4n) is 0.356. The summed E-state index contributed by atoms with van der Waals surface area (Å²) in [6, 6.07) is 0. The van der Waals surface area contributed by atoms with Crippen molar-refractivity contribution in [1.29, 1.82) is 0 Å². The van der Waals surface area contributed by atoms with Gasteiger partial charge in [-0.3, -0.25) is 0 Å². The number of halogens is 10. The molecule has 0 rings (SSSR count). The van der Waals surface area contributed by atoms with Crippen molar-refractivity contribution in [3.8, 4) is 0 Å². The van der Waals surface area contributed by atoms with Crippen LogP contribution in [0.2, 0.25) is 0 Å². The standard InChI is InChI=1S/C4Br2ClF5I2/c5-1(8,3(6,10)11)2(9,13)4(7,12)14. The molecule has 3 unspecified atom stereocenters. The highest BCUT2D eigenvalue weighted by Gasteiger charge is 2.73. The van der Waals surface area contributed by atoms with Gasteiger partial charge in [-0.1, -0.05) is 11.6 Å². The van der Waals surface area contributed by atoms with E-state index in [0.717, 1.165) is 0 Å². The van der Waals surface area contributed by atoms with Crippen LogP contribution in [0.4, 0.5) is 22.0 Å². The minimum Gasteiger partial charge on any atom is -0.221 e. The highest BCUT2D eigenvalue weighted by Crippen LogP contribution is 2.61. The molecule has 0 fully saturated rings. The molecule has 0 bridgehead atoms. The molecule has 0 nitrogen and oxygen atoms in total. The maximum absolute atomic E-state index is 13.4. The topological polar surface area (TPSA) is 0 Å². The molecule has 0 aliphatic carbocycles. The smallest absolute Gasteiger partial charge is 0.221 e. The van der Waals surface area contributed by atoms with Gasteiger partial charge in [0.25, 0.3) is 11.4 Å². The average Bonchev–Trinajstić information content (AvgIpc) is 1.81. The Hall–Kier alpha value is 2.36. The Morgan fingerprint density at radius 2 is 1.21 bits per heavy atom. The summed E-state index contributed by atoms with van der Waals surface area (Å²) in [5, 5.41) is 0. The zero-order chi connectivity index (χ0) is 12.0. The van der Waals surface area contributed by atoms with Gasteiger partial charge < -0.3 is 0 Å². The third-order valence-electron chi connectivity index (χ3n) is 1.11. The van der Waals surface area contributed by atoms with Gasteiger partial charge in [-0.2, -0.15) is 8.78 Å². The van der Waals surface area contributed by atoms with Crippen LogP contribution in [0.1, 0.15) is 0 Å². The van der Waals surface area contributed by atoms with Crippen molar-refractivity contribution >= 4 is 88.6 Å². The summed E-state index contributed by atoms with van der Waals surface area (Å²) in [6.45, 7) is 0. The van der Waals surface area contributed by atoms with E-state index in [9.17, 15) is 22.0 Å². The molecule has 86 valence electrons. The molecular formula is C4Br2ClF5I2. The fraction of sp³-hybridized carbons (Fsp3) is 1.00. The number of rotatable bonds is 3. The lowest BCUT2D eigenvalue weighted by atomic mass is 10.2. The average molecular weight is 592 g/mol. The molecule has 0 saturated heterocycles. The maximum atomic E-state index is 13.4. The van der Waals surface area contributed by atoms with Gasteiger partial charge in [0, 0.05) is 0 Å². The van der Waals surface area contributed by atoms with Gasteiger partial charge in [0.2, 0.25) is 0 Å². The van der Waals surface area contributed by atoms with Gasteiger partial charge in [0.05, 0.1) is 0 Å². The van der Waals surface area contributed by atoms with Gasteiger partial charge in [0.15, 0.2) is 0 Å². The Bertz CT molecular complexity index is 199. The lowest BCUT2D eigenvalue weighted by molar-refractivity contribution is -0.0581. The normalized spacial score (nSPS) is 26.1. The Morgan fingerprint density at radius 1 is 0.929 bits per heavy atom. The van der Waals surface area contributed by atoms with E-state index in [1.807, 2.05) is 0 Å². The summed E-state index contributed by atoms with van der Waals surface area (Å²) >= 11 is 9.43. The van der Waals surface area contributed by atoms with Crippen LogP contribution in [0.3, 0.4) is 0 Å². The monoisotopic (exact) mass is 590 g/mol. The van der Waals surface area contributed by atoms with E-state index in [0.29, 0.717) is 45.2 Å². The molecule has 0 radical (unpaired) electrons. The molecule has 0 aromatic heterocycles. The predicted molar refractivity (Wildman–Crippen MR) is 68.2 cm³/mol. The zero-order valence-corrected chi connectivity index (χ0v) is 14.0. The first kappa shape index (κ1) is 16.4. The lowest BCUT2D eigenvalue weighted by Gasteiger charge is -2.36. The van der Waals surface area contributed by atoms with Crippen LogP contribution in [-0.2, 0) is 0 Å². The van der Waals surface area contributed by atoms with Crippen LogP contribution in [-0.4, -0.2) is 16.2 Å². The lowest BCUT2D eigenvalue weighted by Crippen LogP contribution is -2.55. The highest BCUT2D eigenvalue weighted by molar-refractivity contribution is 14.1. The number of alkyl halides is 10. The largest absolute Gasteiger partial charge is 0.348 e. The van der Waals surface area contributed by atoms with Crippen LogP contribution < -0.4 is 0 Å².